The molecule has 10 nitrogen and oxygen atoms in total. The number of nitrogens with one attached hydrogen (secondary N) is 4. The van der Waals surface area contributed by atoms with Crippen LogP contribution in [0.3, 0.4) is 0 Å². The predicted molar refractivity (Wildman–Crippen MR) is 126 cm³/mol. The standard InChI is InChI=1S/C22H36N4O6S/c1-15(2)19(26-20(27)16(3)23-4)21(28)25-18(22(29)30)12-8-9-13-24-33(31,32)14-17-10-6-5-7-11-17/h5-7,10-11,15-16,18-19,23-24H,8-9,12-14H2,1-4H3,(H,25,28)(H,26,27)(H,29,30). The van der Waals surface area contributed by atoms with E-state index in [1.165, 1.54) is 0 Å². The van der Waals surface area contributed by atoms with E-state index in [2.05, 4.69) is 20.7 Å². The van der Waals surface area contributed by atoms with Crippen molar-refractivity contribution in [3.8, 4) is 0 Å². The Labute approximate surface area is 196 Å². The van der Waals surface area contributed by atoms with Gasteiger partial charge in [0.15, 0.2) is 0 Å². The Morgan fingerprint density at radius 1 is 0.970 bits per heavy atom. The van der Waals surface area contributed by atoms with Gasteiger partial charge in [-0.2, -0.15) is 0 Å². The maximum Gasteiger partial charge on any atom is 0.326 e. The van der Waals surface area contributed by atoms with Gasteiger partial charge in [0.25, 0.3) is 0 Å². The van der Waals surface area contributed by atoms with E-state index in [4.69, 9.17) is 0 Å². The number of benzene rings is 1. The third-order valence-corrected chi connectivity index (χ3v) is 6.49. The summed E-state index contributed by atoms with van der Waals surface area (Å²) in [7, 11) is -1.87. The number of carboxylic acid groups (broad SMARTS) is 1. The summed E-state index contributed by atoms with van der Waals surface area (Å²) in [5.74, 6) is -2.49. The lowest BCUT2D eigenvalue weighted by Crippen LogP contribution is -2.56. The molecule has 0 spiro atoms. The van der Waals surface area contributed by atoms with E-state index in [1.54, 1.807) is 58.2 Å². The van der Waals surface area contributed by atoms with Crippen molar-refractivity contribution < 1.29 is 27.9 Å². The van der Waals surface area contributed by atoms with Crippen LogP contribution in [0.15, 0.2) is 30.3 Å². The molecule has 1 aromatic carbocycles. The number of aliphatic carboxylic acids is 1. The second-order valence-corrected chi connectivity index (χ2v) is 10.1. The molecule has 2 amide bonds. The molecule has 0 saturated carbocycles. The SMILES string of the molecule is CNC(C)C(=O)NC(C(=O)NC(CCCCNS(=O)(=O)Cc1ccccc1)C(=O)O)C(C)C. The first-order chi connectivity index (χ1) is 15.5. The summed E-state index contributed by atoms with van der Waals surface area (Å²) < 4.78 is 26.8. The third-order valence-electron chi connectivity index (χ3n) is 5.13. The fourth-order valence-electron chi connectivity index (χ4n) is 3.01. The van der Waals surface area contributed by atoms with Gasteiger partial charge in [-0.3, -0.25) is 9.59 Å². The largest absolute Gasteiger partial charge is 0.480 e. The van der Waals surface area contributed by atoms with Gasteiger partial charge in [0.2, 0.25) is 21.8 Å². The van der Waals surface area contributed by atoms with E-state index in [1.807, 2.05) is 0 Å². The fraction of sp³-hybridized carbons (Fsp3) is 0.591. The van der Waals surface area contributed by atoms with Gasteiger partial charge in [-0.25, -0.2) is 17.9 Å². The zero-order valence-electron chi connectivity index (χ0n) is 19.6. The van der Waals surface area contributed by atoms with Gasteiger partial charge >= 0.3 is 5.97 Å². The Balaban J connectivity index is 2.53. The molecular weight excluding hydrogens is 448 g/mol. The fourth-order valence-corrected chi connectivity index (χ4v) is 4.20. The molecule has 11 heteroatoms. The van der Waals surface area contributed by atoms with Gasteiger partial charge in [-0.1, -0.05) is 44.2 Å². The first-order valence-corrected chi connectivity index (χ1v) is 12.6. The van der Waals surface area contributed by atoms with Gasteiger partial charge < -0.3 is 21.1 Å². The Hall–Kier alpha value is -2.50. The van der Waals surface area contributed by atoms with Gasteiger partial charge in [0, 0.05) is 6.54 Å². The number of carbonyl (C=O) groups excluding carboxylic acids is 2. The molecule has 1 rings (SSSR count). The van der Waals surface area contributed by atoms with Crippen molar-refractivity contribution in [2.45, 2.75) is 63.9 Å². The quantitative estimate of drug-likeness (QED) is 0.228. The lowest BCUT2D eigenvalue weighted by molar-refractivity contribution is -0.142. The van der Waals surface area contributed by atoms with Crippen molar-refractivity contribution in [2.24, 2.45) is 5.92 Å². The van der Waals surface area contributed by atoms with Crippen LogP contribution in [0.1, 0.15) is 45.6 Å². The molecular formula is C22H36N4O6S. The number of rotatable bonds is 15. The van der Waals surface area contributed by atoms with Crippen LogP contribution in [0.5, 0.6) is 0 Å². The Kier molecular flexibility index (Phi) is 12.0. The molecule has 0 aromatic heterocycles. The molecule has 3 unspecified atom stereocenters. The van der Waals surface area contributed by atoms with Gasteiger partial charge in [-0.05, 0) is 44.7 Å². The van der Waals surface area contributed by atoms with Crippen molar-refractivity contribution in [3.63, 3.8) is 0 Å². The van der Waals surface area contributed by atoms with E-state index in [9.17, 15) is 27.9 Å². The number of carbonyl (C=O) groups is 3. The van der Waals surface area contributed by atoms with Crippen LogP contribution in [-0.4, -0.2) is 63.0 Å². The van der Waals surface area contributed by atoms with Crippen molar-refractivity contribution in [1.29, 1.82) is 0 Å². The lowest BCUT2D eigenvalue weighted by Gasteiger charge is -2.25. The summed E-state index contributed by atoms with van der Waals surface area (Å²) in [5, 5.41) is 17.4. The van der Waals surface area contributed by atoms with E-state index in [-0.39, 0.29) is 30.5 Å². The third kappa shape index (κ3) is 10.8. The highest BCUT2D eigenvalue weighted by molar-refractivity contribution is 7.88. The van der Waals surface area contributed by atoms with Crippen LogP contribution < -0.4 is 20.7 Å². The summed E-state index contributed by atoms with van der Waals surface area (Å²) >= 11 is 0. The zero-order chi connectivity index (χ0) is 25.0. The normalized spacial score (nSPS) is 14.3. The highest BCUT2D eigenvalue weighted by Crippen LogP contribution is 2.08. The van der Waals surface area contributed by atoms with Crippen molar-refractivity contribution in [1.82, 2.24) is 20.7 Å². The second kappa shape index (κ2) is 13.9. The summed E-state index contributed by atoms with van der Waals surface area (Å²) in [6.45, 7) is 5.33. The summed E-state index contributed by atoms with van der Waals surface area (Å²) in [6, 6.07) is 6.28. The second-order valence-electron chi connectivity index (χ2n) is 8.27. The molecule has 0 aliphatic carbocycles. The Bertz CT molecular complexity index is 876. The summed E-state index contributed by atoms with van der Waals surface area (Å²) in [6.07, 6.45) is 0.936. The predicted octanol–water partition coefficient (Wildman–Crippen LogP) is 0.594. The highest BCUT2D eigenvalue weighted by atomic mass is 32.2. The number of hydrogen-bond acceptors (Lipinski definition) is 6. The molecule has 0 heterocycles. The van der Waals surface area contributed by atoms with Crippen LogP contribution in [-0.2, 0) is 30.2 Å². The number of amides is 2. The number of hydrogen-bond donors (Lipinski definition) is 5. The van der Waals surface area contributed by atoms with E-state index in [0.717, 1.165) is 0 Å². The smallest absolute Gasteiger partial charge is 0.326 e. The molecule has 0 aliphatic heterocycles. The van der Waals surface area contributed by atoms with Crippen molar-refractivity contribution in [3.05, 3.63) is 35.9 Å². The topological polar surface area (TPSA) is 154 Å². The average molecular weight is 485 g/mol. The average Bonchev–Trinajstić information content (AvgIpc) is 2.75. The van der Waals surface area contributed by atoms with E-state index >= 15 is 0 Å². The van der Waals surface area contributed by atoms with E-state index in [0.29, 0.717) is 18.4 Å². The number of unbranched alkanes of at least 4 members (excludes halogenated alkanes) is 1. The molecule has 0 saturated heterocycles. The van der Waals surface area contributed by atoms with E-state index < -0.39 is 40.0 Å². The van der Waals surface area contributed by atoms with Crippen molar-refractivity contribution >= 4 is 27.8 Å². The maximum absolute atomic E-state index is 12.6. The number of likely N-dealkylation sites (N-methyl/N-ethyl adjacent to an activating group) is 1. The lowest BCUT2D eigenvalue weighted by atomic mass is 10.0. The number of carboxylic acids is 1. The van der Waals surface area contributed by atoms with Gasteiger partial charge in [0.1, 0.15) is 12.1 Å². The van der Waals surface area contributed by atoms with Gasteiger partial charge in [0.05, 0.1) is 11.8 Å². The molecule has 0 fully saturated rings. The van der Waals surface area contributed by atoms with Crippen LogP contribution >= 0.6 is 0 Å². The van der Waals surface area contributed by atoms with Crippen LogP contribution in [0, 0.1) is 5.92 Å². The minimum Gasteiger partial charge on any atom is -0.480 e. The number of sulfonamides is 1. The molecule has 5 N–H and O–H groups in total. The molecule has 0 radical (unpaired) electrons. The van der Waals surface area contributed by atoms with Crippen molar-refractivity contribution in [2.75, 3.05) is 13.6 Å². The summed E-state index contributed by atoms with van der Waals surface area (Å²) in [5.41, 5.74) is 0.676. The first-order valence-electron chi connectivity index (χ1n) is 11.0. The minimum atomic E-state index is -3.49. The molecule has 1 aromatic rings. The maximum atomic E-state index is 12.6. The van der Waals surface area contributed by atoms with Crippen LogP contribution in [0.2, 0.25) is 0 Å². The highest BCUT2D eigenvalue weighted by Gasteiger charge is 2.29. The van der Waals surface area contributed by atoms with Crippen LogP contribution in [0.25, 0.3) is 0 Å². The molecule has 186 valence electrons. The molecule has 33 heavy (non-hydrogen) atoms. The molecule has 3 atom stereocenters. The van der Waals surface area contributed by atoms with Gasteiger partial charge in [-0.15, -0.1) is 0 Å². The Morgan fingerprint density at radius 2 is 1.61 bits per heavy atom. The Morgan fingerprint density at radius 3 is 2.15 bits per heavy atom. The van der Waals surface area contributed by atoms with Crippen LogP contribution in [0.4, 0.5) is 0 Å². The zero-order valence-corrected chi connectivity index (χ0v) is 20.4. The molecule has 0 bridgehead atoms. The minimum absolute atomic E-state index is 0.129. The monoisotopic (exact) mass is 484 g/mol. The molecule has 0 aliphatic rings. The summed E-state index contributed by atoms with van der Waals surface area (Å²) in [4.78, 5) is 36.4. The first kappa shape index (κ1) is 28.5.